The highest BCUT2D eigenvalue weighted by Crippen LogP contribution is 2.61. The zero-order chi connectivity index (χ0) is 44.5. The van der Waals surface area contributed by atoms with Crippen LogP contribution in [0.15, 0.2) is 102 Å². The number of ether oxygens (including phenoxy) is 2. The van der Waals surface area contributed by atoms with Gasteiger partial charge in [0.15, 0.2) is 5.60 Å². The fraction of sp³-hybridized carbons (Fsp3) is 0.368. The molecule has 0 fully saturated rings. The van der Waals surface area contributed by atoms with Crippen LogP contribution in [0.1, 0.15) is 125 Å². The maximum atomic E-state index is 7.43. The monoisotopic (exact) mass is 821 g/mol. The van der Waals surface area contributed by atoms with Crippen molar-refractivity contribution in [1.82, 2.24) is 9.55 Å². The number of benzene rings is 5. The molecule has 0 saturated heterocycles. The summed E-state index contributed by atoms with van der Waals surface area (Å²) >= 11 is 0. The number of nitrogens with zero attached hydrogens (tertiary/aromatic N) is 3. The second kappa shape index (κ2) is 13.9. The fourth-order valence-electron chi connectivity index (χ4n) is 10.8. The third kappa shape index (κ3) is 6.57. The molecule has 1 aliphatic carbocycles. The highest BCUT2D eigenvalue weighted by molar-refractivity contribution is 6.10. The van der Waals surface area contributed by atoms with Crippen LogP contribution >= 0.6 is 0 Å². The quantitative estimate of drug-likeness (QED) is 0.174. The standard InChI is InChI=1S/C57H63N3O2/c1-33-22-36(4)51(37(5)23-33)38-26-39(52-59-56(15)32-40-24-34(2)35(3)25-47(40)57(56,62-52)55(12,13)14)28-44(27-38)61-43-17-18-45-46-29-41(53(6,7)8)16-19-48(46)60(49(45)31-43)50-30-42(20-21-58-50)54(9,10)11/h16-31H,32H2,1-15H3/t56-,57-/m1/s1. The van der Waals surface area contributed by atoms with E-state index in [0.717, 1.165) is 51.3 Å². The van der Waals surface area contributed by atoms with Gasteiger partial charge in [-0.1, -0.05) is 98.2 Å². The average molecular weight is 822 g/mol. The van der Waals surface area contributed by atoms with Crippen LogP contribution in [0.25, 0.3) is 38.8 Å². The van der Waals surface area contributed by atoms with Gasteiger partial charge in [0.05, 0.1) is 11.0 Å². The highest BCUT2D eigenvalue weighted by atomic mass is 16.5. The van der Waals surface area contributed by atoms with E-state index in [9.17, 15) is 0 Å². The first kappa shape index (κ1) is 41.7. The van der Waals surface area contributed by atoms with E-state index in [1.54, 1.807) is 0 Å². The summed E-state index contributed by atoms with van der Waals surface area (Å²) in [5, 5.41) is 2.36. The first-order valence-electron chi connectivity index (χ1n) is 22.3. The van der Waals surface area contributed by atoms with E-state index >= 15 is 0 Å². The van der Waals surface area contributed by atoms with Gasteiger partial charge in [-0.05, 0) is 157 Å². The lowest BCUT2D eigenvalue weighted by Gasteiger charge is -2.46. The van der Waals surface area contributed by atoms with E-state index < -0.39 is 11.1 Å². The van der Waals surface area contributed by atoms with Gasteiger partial charge in [-0.3, -0.25) is 4.57 Å². The maximum absolute atomic E-state index is 7.43. The third-order valence-electron chi connectivity index (χ3n) is 13.8. The van der Waals surface area contributed by atoms with Crippen molar-refractivity contribution in [3.63, 3.8) is 0 Å². The van der Waals surface area contributed by atoms with Crippen LogP contribution in [0.3, 0.4) is 0 Å². The summed E-state index contributed by atoms with van der Waals surface area (Å²) in [6.45, 7) is 33.7. The van der Waals surface area contributed by atoms with Crippen LogP contribution in [-0.2, 0) is 27.6 Å². The first-order valence-corrected chi connectivity index (χ1v) is 22.3. The Morgan fingerprint density at radius 2 is 1.27 bits per heavy atom. The summed E-state index contributed by atoms with van der Waals surface area (Å²) < 4.78 is 16.8. The molecule has 5 heteroatoms. The molecule has 5 nitrogen and oxygen atoms in total. The van der Waals surface area contributed by atoms with Crippen molar-refractivity contribution in [2.24, 2.45) is 10.4 Å². The van der Waals surface area contributed by atoms with Crippen molar-refractivity contribution in [2.45, 2.75) is 132 Å². The first-order chi connectivity index (χ1) is 29.0. The minimum Gasteiger partial charge on any atom is -0.463 e. The lowest BCUT2D eigenvalue weighted by molar-refractivity contribution is -0.0724. The van der Waals surface area contributed by atoms with Crippen molar-refractivity contribution in [1.29, 1.82) is 0 Å². The predicted octanol–water partition coefficient (Wildman–Crippen LogP) is 14.8. The maximum Gasteiger partial charge on any atom is 0.217 e. The Balaban J connectivity index is 1.21. The van der Waals surface area contributed by atoms with Crippen LogP contribution < -0.4 is 4.74 Å². The van der Waals surface area contributed by atoms with Gasteiger partial charge < -0.3 is 9.47 Å². The Morgan fingerprint density at radius 3 is 1.95 bits per heavy atom. The summed E-state index contributed by atoms with van der Waals surface area (Å²) in [5.74, 6) is 3.03. The number of aromatic nitrogens is 2. The largest absolute Gasteiger partial charge is 0.463 e. The molecule has 5 aromatic carbocycles. The van der Waals surface area contributed by atoms with Crippen molar-refractivity contribution in [3.05, 3.63) is 153 Å². The summed E-state index contributed by atoms with van der Waals surface area (Å²) in [6.07, 6.45) is 2.76. The molecule has 1 aliphatic heterocycles. The molecule has 0 saturated carbocycles. The average Bonchev–Trinajstić information content (AvgIpc) is 3.75. The Kier molecular flexibility index (Phi) is 9.35. The van der Waals surface area contributed by atoms with E-state index in [1.807, 2.05) is 6.20 Å². The van der Waals surface area contributed by atoms with E-state index in [1.165, 1.54) is 61.0 Å². The minimum atomic E-state index is -0.639. The zero-order valence-corrected chi connectivity index (χ0v) is 39.6. The number of hydrogen-bond acceptors (Lipinski definition) is 4. The van der Waals surface area contributed by atoms with Gasteiger partial charge in [0.1, 0.15) is 22.9 Å². The SMILES string of the molecule is Cc1cc(C)c(-c2cc(Oc3ccc4c5cc(C(C)(C)C)ccc5n(-c5cc(C(C)(C)C)ccn5)c4c3)cc(C3=N[C@]4(C)Cc5cc(C)c(C)cc5[C@]4(C(C)(C)C)O3)c2)c(C)c1. The van der Waals surface area contributed by atoms with Crippen molar-refractivity contribution < 1.29 is 9.47 Å². The molecule has 0 unspecified atom stereocenters. The molecule has 9 rings (SSSR count). The second-order valence-electron chi connectivity index (χ2n) is 21.8. The van der Waals surface area contributed by atoms with E-state index in [4.69, 9.17) is 19.5 Å². The van der Waals surface area contributed by atoms with E-state index in [2.05, 4.69) is 199 Å². The van der Waals surface area contributed by atoms with Crippen LogP contribution in [0, 0.1) is 40.0 Å². The van der Waals surface area contributed by atoms with Gasteiger partial charge >= 0.3 is 0 Å². The molecule has 7 aromatic rings. The Morgan fingerprint density at radius 1 is 0.613 bits per heavy atom. The minimum absolute atomic E-state index is 0.00421. The number of hydrogen-bond donors (Lipinski definition) is 0. The number of aryl methyl sites for hydroxylation is 5. The Bertz CT molecular complexity index is 2990. The zero-order valence-electron chi connectivity index (χ0n) is 39.6. The molecule has 3 heterocycles. The van der Waals surface area contributed by atoms with Crippen molar-refractivity contribution >= 4 is 27.7 Å². The lowest BCUT2D eigenvalue weighted by Crippen LogP contribution is -2.52. The van der Waals surface area contributed by atoms with Crippen LogP contribution in [0.2, 0.25) is 0 Å². The number of rotatable bonds is 5. The molecule has 2 aliphatic rings. The Hall–Kier alpha value is -5.68. The van der Waals surface area contributed by atoms with Crippen LogP contribution in [0.4, 0.5) is 0 Å². The molecule has 62 heavy (non-hydrogen) atoms. The summed E-state index contributed by atoms with van der Waals surface area (Å²) in [5.41, 5.74) is 15.4. The van der Waals surface area contributed by atoms with Gasteiger partial charge in [0, 0.05) is 46.0 Å². The smallest absolute Gasteiger partial charge is 0.217 e. The fourth-order valence-corrected chi connectivity index (χ4v) is 10.8. The van der Waals surface area contributed by atoms with Crippen molar-refractivity contribution in [3.8, 4) is 28.4 Å². The van der Waals surface area contributed by atoms with Gasteiger partial charge in [-0.2, -0.15) is 0 Å². The van der Waals surface area contributed by atoms with Crippen molar-refractivity contribution in [2.75, 3.05) is 0 Å². The molecule has 0 amide bonds. The molecule has 318 valence electrons. The highest BCUT2D eigenvalue weighted by Gasteiger charge is 2.67. The number of fused-ring (bicyclic) bond motifs is 6. The topological polar surface area (TPSA) is 48.6 Å². The summed E-state index contributed by atoms with van der Waals surface area (Å²) in [6, 6.07) is 33.5. The van der Waals surface area contributed by atoms with E-state index in [-0.39, 0.29) is 16.2 Å². The lowest BCUT2D eigenvalue weighted by atomic mass is 9.65. The second-order valence-corrected chi connectivity index (χ2v) is 21.8. The third-order valence-corrected chi connectivity index (χ3v) is 13.8. The summed E-state index contributed by atoms with van der Waals surface area (Å²) in [7, 11) is 0. The Labute approximate surface area is 369 Å². The molecule has 0 spiro atoms. The molecular weight excluding hydrogens is 759 g/mol. The van der Waals surface area contributed by atoms with Crippen LogP contribution in [0.5, 0.6) is 11.5 Å². The van der Waals surface area contributed by atoms with Crippen LogP contribution in [-0.4, -0.2) is 21.0 Å². The number of pyridine rings is 1. The molecule has 0 N–H and O–H groups in total. The molecule has 2 atom stereocenters. The summed E-state index contributed by atoms with van der Waals surface area (Å²) in [4.78, 5) is 10.6. The van der Waals surface area contributed by atoms with Gasteiger partial charge in [-0.25, -0.2) is 9.98 Å². The van der Waals surface area contributed by atoms with Gasteiger partial charge in [0.25, 0.3) is 0 Å². The normalized spacial score (nSPS) is 18.9. The van der Waals surface area contributed by atoms with Gasteiger partial charge in [-0.15, -0.1) is 0 Å². The van der Waals surface area contributed by atoms with Gasteiger partial charge in [0.2, 0.25) is 5.90 Å². The number of aliphatic imine (C=N–C) groups is 1. The molecular formula is C57H63N3O2. The molecule has 2 aromatic heterocycles. The molecule has 0 bridgehead atoms. The predicted molar refractivity (Wildman–Crippen MR) is 259 cm³/mol. The molecule has 0 radical (unpaired) electrons. The van der Waals surface area contributed by atoms with E-state index in [0.29, 0.717) is 5.90 Å².